The summed E-state index contributed by atoms with van der Waals surface area (Å²) in [6, 6.07) is 12.3. The first kappa shape index (κ1) is 13.1. The van der Waals surface area contributed by atoms with Crippen molar-refractivity contribution in [1.29, 1.82) is 0 Å². The minimum atomic E-state index is 0.738. The van der Waals surface area contributed by atoms with Gasteiger partial charge in [0.05, 0.1) is 26.1 Å². The van der Waals surface area contributed by atoms with Gasteiger partial charge in [0.25, 0.3) is 0 Å². The maximum Gasteiger partial charge on any atom is 0.175 e. The van der Waals surface area contributed by atoms with E-state index in [0.29, 0.717) is 0 Å². The molecule has 1 fully saturated rings. The third kappa shape index (κ3) is 2.84. The molecule has 1 saturated heterocycles. The monoisotopic (exact) mass is 287 g/mol. The quantitative estimate of drug-likeness (QED) is 0.877. The lowest BCUT2D eigenvalue weighted by atomic mass is 10.2. The summed E-state index contributed by atoms with van der Waals surface area (Å²) in [4.78, 5) is 4.34. The molecule has 3 rings (SSSR count). The van der Waals surface area contributed by atoms with Crippen molar-refractivity contribution in [1.82, 2.24) is 10.2 Å². The van der Waals surface area contributed by atoms with Crippen molar-refractivity contribution in [2.24, 2.45) is 0 Å². The zero-order valence-corrected chi connectivity index (χ0v) is 12.2. The van der Waals surface area contributed by atoms with Crippen LogP contribution >= 0.6 is 12.2 Å². The number of anilines is 1. The highest BCUT2D eigenvalue weighted by Gasteiger charge is 2.22. The highest BCUT2D eigenvalue weighted by atomic mass is 32.1. The van der Waals surface area contributed by atoms with Crippen molar-refractivity contribution < 1.29 is 4.42 Å². The second kappa shape index (κ2) is 5.64. The first-order chi connectivity index (χ1) is 9.72. The molecule has 1 aliphatic heterocycles. The number of hydrogen-bond acceptors (Lipinski definition) is 3. The van der Waals surface area contributed by atoms with E-state index in [0.717, 1.165) is 36.4 Å². The van der Waals surface area contributed by atoms with Crippen molar-refractivity contribution in [3.63, 3.8) is 0 Å². The molecule has 1 N–H and O–H groups in total. The van der Waals surface area contributed by atoms with Crippen LogP contribution in [0.1, 0.15) is 11.3 Å². The molecule has 0 amide bonds. The van der Waals surface area contributed by atoms with Gasteiger partial charge in [-0.05, 0) is 43.4 Å². The smallest absolute Gasteiger partial charge is 0.175 e. The molecule has 0 spiro atoms. The molecule has 2 aromatic rings. The van der Waals surface area contributed by atoms with Crippen LogP contribution in [0.25, 0.3) is 0 Å². The molecule has 0 aliphatic carbocycles. The van der Waals surface area contributed by atoms with Crippen molar-refractivity contribution in [2.75, 3.05) is 18.2 Å². The zero-order valence-electron chi connectivity index (χ0n) is 11.4. The van der Waals surface area contributed by atoms with Crippen LogP contribution in [0.5, 0.6) is 0 Å². The fourth-order valence-corrected chi connectivity index (χ4v) is 2.47. The summed E-state index contributed by atoms with van der Waals surface area (Å²) in [5.41, 5.74) is 2.36. The predicted molar refractivity (Wildman–Crippen MR) is 83.4 cm³/mol. The molecule has 0 unspecified atom stereocenters. The maximum atomic E-state index is 5.41. The largest absolute Gasteiger partial charge is 0.468 e. The van der Waals surface area contributed by atoms with Crippen molar-refractivity contribution in [3.05, 3.63) is 54.0 Å². The standard InChI is InChI=1S/C15H17N3OS/c1-12-4-6-13(7-5-12)18-11-17(10-16-15(18)20)9-14-3-2-8-19-14/h2-8H,9-11H2,1H3,(H,16,20). The van der Waals surface area contributed by atoms with Crippen LogP contribution < -0.4 is 10.2 Å². The van der Waals surface area contributed by atoms with Gasteiger partial charge in [0, 0.05) is 5.69 Å². The molecule has 4 nitrogen and oxygen atoms in total. The van der Waals surface area contributed by atoms with Gasteiger partial charge in [-0.3, -0.25) is 4.90 Å². The van der Waals surface area contributed by atoms with Crippen molar-refractivity contribution in [2.45, 2.75) is 13.5 Å². The number of benzene rings is 1. The molecule has 0 atom stereocenters. The van der Waals surface area contributed by atoms with Crippen LogP contribution in [0, 0.1) is 6.92 Å². The van der Waals surface area contributed by atoms with Gasteiger partial charge in [0.1, 0.15) is 5.76 Å². The summed E-state index contributed by atoms with van der Waals surface area (Å²) < 4.78 is 5.40. The SMILES string of the molecule is Cc1ccc(N2CN(Cc3ccco3)CNC2=S)cc1. The van der Waals surface area contributed by atoms with Crippen molar-refractivity contribution >= 4 is 23.0 Å². The summed E-state index contributed by atoms with van der Waals surface area (Å²) >= 11 is 5.41. The fourth-order valence-electron chi connectivity index (χ4n) is 2.24. The van der Waals surface area contributed by atoms with E-state index in [2.05, 4.69) is 46.3 Å². The number of hydrogen-bond donors (Lipinski definition) is 1. The first-order valence-corrected chi connectivity index (χ1v) is 7.00. The average molecular weight is 287 g/mol. The van der Waals surface area contributed by atoms with Gasteiger partial charge in [-0.15, -0.1) is 0 Å². The van der Waals surface area contributed by atoms with Crippen LogP contribution in [-0.4, -0.2) is 23.3 Å². The molecule has 104 valence electrons. The topological polar surface area (TPSA) is 31.6 Å². The molecule has 1 aromatic carbocycles. The Bertz CT molecular complexity index is 580. The third-order valence-electron chi connectivity index (χ3n) is 3.35. The van der Waals surface area contributed by atoms with E-state index in [-0.39, 0.29) is 0 Å². The summed E-state index contributed by atoms with van der Waals surface area (Å²) in [7, 11) is 0. The number of rotatable bonds is 3. The number of aryl methyl sites for hydroxylation is 1. The molecule has 0 saturated carbocycles. The Labute approximate surface area is 124 Å². The van der Waals surface area contributed by atoms with Gasteiger partial charge in [-0.2, -0.15) is 0 Å². The minimum absolute atomic E-state index is 0.738. The van der Waals surface area contributed by atoms with Gasteiger partial charge < -0.3 is 14.6 Å². The van der Waals surface area contributed by atoms with E-state index in [4.69, 9.17) is 16.6 Å². The van der Waals surface area contributed by atoms with Gasteiger partial charge in [-0.1, -0.05) is 17.7 Å². The summed E-state index contributed by atoms with van der Waals surface area (Å²) in [5, 5.41) is 4.02. The lowest BCUT2D eigenvalue weighted by Crippen LogP contribution is -2.55. The molecule has 5 heteroatoms. The van der Waals surface area contributed by atoms with Crippen LogP contribution in [-0.2, 0) is 6.54 Å². The van der Waals surface area contributed by atoms with Gasteiger partial charge >= 0.3 is 0 Å². The molecule has 1 aromatic heterocycles. The van der Waals surface area contributed by atoms with Crippen molar-refractivity contribution in [3.8, 4) is 0 Å². The van der Waals surface area contributed by atoms with E-state index < -0.39 is 0 Å². The number of nitrogens with one attached hydrogen (secondary N) is 1. The Kier molecular flexibility index (Phi) is 3.71. The second-order valence-electron chi connectivity index (χ2n) is 4.95. The lowest BCUT2D eigenvalue weighted by Gasteiger charge is -2.37. The summed E-state index contributed by atoms with van der Waals surface area (Å²) in [6.45, 7) is 4.35. The third-order valence-corrected chi connectivity index (χ3v) is 3.71. The molecular formula is C15H17N3OS. The predicted octanol–water partition coefficient (Wildman–Crippen LogP) is 2.70. The molecule has 0 bridgehead atoms. The number of furan rings is 1. The maximum absolute atomic E-state index is 5.41. The fraction of sp³-hybridized carbons (Fsp3) is 0.267. The Hall–Kier alpha value is -1.85. The molecule has 1 aliphatic rings. The van der Waals surface area contributed by atoms with Crippen LogP contribution in [0.2, 0.25) is 0 Å². The second-order valence-corrected chi connectivity index (χ2v) is 5.34. The van der Waals surface area contributed by atoms with Crippen LogP contribution in [0.3, 0.4) is 0 Å². The van der Waals surface area contributed by atoms with E-state index in [9.17, 15) is 0 Å². The van der Waals surface area contributed by atoms with Gasteiger partial charge in [-0.25, -0.2) is 0 Å². The minimum Gasteiger partial charge on any atom is -0.468 e. The summed E-state index contributed by atoms with van der Waals surface area (Å²) in [6.07, 6.45) is 1.70. The number of nitrogens with zero attached hydrogens (tertiary/aromatic N) is 2. The Morgan fingerprint density at radius 2 is 2.05 bits per heavy atom. The van der Waals surface area contributed by atoms with E-state index in [1.165, 1.54) is 5.56 Å². The number of thiocarbonyl (C=S) groups is 1. The lowest BCUT2D eigenvalue weighted by molar-refractivity contribution is 0.232. The Balaban J connectivity index is 1.73. The Morgan fingerprint density at radius 1 is 1.25 bits per heavy atom. The summed E-state index contributed by atoms with van der Waals surface area (Å²) in [5.74, 6) is 0.962. The van der Waals surface area contributed by atoms with E-state index >= 15 is 0 Å². The van der Waals surface area contributed by atoms with Crippen LogP contribution in [0.4, 0.5) is 5.69 Å². The van der Waals surface area contributed by atoms with Gasteiger partial charge in [0.15, 0.2) is 5.11 Å². The molecule has 20 heavy (non-hydrogen) atoms. The zero-order chi connectivity index (χ0) is 13.9. The first-order valence-electron chi connectivity index (χ1n) is 6.59. The van der Waals surface area contributed by atoms with E-state index in [1.54, 1.807) is 6.26 Å². The molecule has 0 radical (unpaired) electrons. The molecular weight excluding hydrogens is 270 g/mol. The molecule has 2 heterocycles. The Morgan fingerprint density at radius 3 is 2.75 bits per heavy atom. The average Bonchev–Trinajstić information content (AvgIpc) is 2.95. The normalized spacial score (nSPS) is 16.2. The van der Waals surface area contributed by atoms with E-state index in [1.807, 2.05) is 12.1 Å². The van der Waals surface area contributed by atoms with Crippen LogP contribution in [0.15, 0.2) is 47.1 Å². The highest BCUT2D eigenvalue weighted by molar-refractivity contribution is 7.80. The highest BCUT2D eigenvalue weighted by Crippen LogP contribution is 2.18. The van der Waals surface area contributed by atoms with Gasteiger partial charge in [0.2, 0.25) is 0 Å².